The number of nitro benzene ring substituents is 1. The molecule has 0 unspecified atom stereocenters. The number of nitrogens with two attached hydrogens (primary N) is 1. The second kappa shape index (κ2) is 4.63. The average Bonchev–Trinajstić information content (AvgIpc) is 2.14. The zero-order valence-electron chi connectivity index (χ0n) is 7.16. The van der Waals surface area contributed by atoms with E-state index in [2.05, 4.69) is 27.8 Å². The molecule has 72 valence electrons. The van der Waals surface area contributed by atoms with Crippen LogP contribution in [-0.4, -0.2) is 10.3 Å². The highest BCUT2D eigenvalue weighted by atomic mass is 79.9. The van der Waals surface area contributed by atoms with E-state index in [0.717, 1.165) is 0 Å². The molecule has 0 saturated heterocycles. The first-order valence-corrected chi connectivity index (χ1v) is 4.86. The van der Waals surface area contributed by atoms with Crippen molar-refractivity contribution in [3.8, 4) is 11.8 Å². The minimum absolute atomic E-state index is 0.0885. The van der Waals surface area contributed by atoms with Gasteiger partial charge in [0.15, 0.2) is 0 Å². The highest BCUT2D eigenvalue weighted by molar-refractivity contribution is 9.09. The maximum absolute atomic E-state index is 10.4. The minimum atomic E-state index is -0.517. The van der Waals surface area contributed by atoms with Crippen molar-refractivity contribution in [2.45, 2.75) is 0 Å². The van der Waals surface area contributed by atoms with Crippen LogP contribution in [0.5, 0.6) is 0 Å². The van der Waals surface area contributed by atoms with Gasteiger partial charge in [-0.1, -0.05) is 27.8 Å². The lowest BCUT2D eigenvalue weighted by Crippen LogP contribution is -1.95. The molecule has 0 atom stereocenters. The lowest BCUT2D eigenvalue weighted by molar-refractivity contribution is -0.383. The van der Waals surface area contributed by atoms with Gasteiger partial charge < -0.3 is 5.73 Å². The lowest BCUT2D eigenvalue weighted by Gasteiger charge is -1.96. The van der Waals surface area contributed by atoms with Gasteiger partial charge in [-0.05, 0) is 12.1 Å². The fourth-order valence-corrected chi connectivity index (χ4v) is 1.07. The Hall–Kier alpha value is -1.54. The molecule has 1 aromatic carbocycles. The molecule has 0 saturated carbocycles. The van der Waals surface area contributed by atoms with Crippen molar-refractivity contribution in [2.24, 2.45) is 0 Å². The van der Waals surface area contributed by atoms with Gasteiger partial charge in [-0.15, -0.1) is 0 Å². The molecule has 14 heavy (non-hydrogen) atoms. The summed E-state index contributed by atoms with van der Waals surface area (Å²) < 4.78 is 0. The molecular formula is C9H7BrN2O2. The number of nitrogen functional groups attached to an aromatic ring is 1. The van der Waals surface area contributed by atoms with Crippen LogP contribution in [0.1, 0.15) is 5.56 Å². The number of halogens is 1. The zero-order chi connectivity index (χ0) is 10.6. The Labute approximate surface area is 89.4 Å². The molecule has 0 aliphatic rings. The van der Waals surface area contributed by atoms with Gasteiger partial charge in [0.1, 0.15) is 5.69 Å². The second-order valence-corrected chi connectivity index (χ2v) is 3.03. The Bertz CT molecular complexity index is 421. The molecule has 4 nitrogen and oxygen atoms in total. The summed E-state index contributed by atoms with van der Waals surface area (Å²) in [6.07, 6.45) is 0. The van der Waals surface area contributed by atoms with Gasteiger partial charge in [-0.25, -0.2) is 0 Å². The van der Waals surface area contributed by atoms with E-state index in [1.54, 1.807) is 6.07 Å². The molecule has 0 amide bonds. The van der Waals surface area contributed by atoms with Crippen molar-refractivity contribution in [3.05, 3.63) is 33.9 Å². The molecule has 0 fully saturated rings. The van der Waals surface area contributed by atoms with E-state index in [9.17, 15) is 10.1 Å². The first-order valence-electron chi connectivity index (χ1n) is 3.74. The minimum Gasteiger partial charge on any atom is -0.393 e. The molecule has 0 aliphatic heterocycles. The predicted octanol–water partition coefficient (Wildman–Crippen LogP) is 1.92. The van der Waals surface area contributed by atoms with Crippen LogP contribution >= 0.6 is 15.9 Å². The van der Waals surface area contributed by atoms with Crippen LogP contribution in [-0.2, 0) is 0 Å². The van der Waals surface area contributed by atoms with Crippen molar-refractivity contribution in [3.63, 3.8) is 0 Å². The third-order valence-electron chi connectivity index (χ3n) is 1.52. The summed E-state index contributed by atoms with van der Waals surface area (Å²) in [7, 11) is 0. The number of hydrogen-bond donors (Lipinski definition) is 1. The molecule has 1 rings (SSSR count). The van der Waals surface area contributed by atoms with E-state index in [4.69, 9.17) is 5.73 Å². The van der Waals surface area contributed by atoms with E-state index < -0.39 is 4.92 Å². The molecule has 0 bridgehead atoms. The van der Waals surface area contributed by atoms with Gasteiger partial charge in [0, 0.05) is 11.6 Å². The molecule has 0 aliphatic carbocycles. The van der Waals surface area contributed by atoms with Crippen molar-refractivity contribution in [1.82, 2.24) is 0 Å². The Morgan fingerprint density at radius 3 is 2.79 bits per heavy atom. The number of nitrogens with zero attached hydrogens (tertiary/aromatic N) is 1. The lowest BCUT2D eigenvalue weighted by atomic mass is 10.2. The van der Waals surface area contributed by atoms with Gasteiger partial charge in [0.2, 0.25) is 0 Å². The number of rotatable bonds is 1. The summed E-state index contributed by atoms with van der Waals surface area (Å²) in [6.45, 7) is 0. The van der Waals surface area contributed by atoms with Gasteiger partial charge in [-0.3, -0.25) is 10.1 Å². The van der Waals surface area contributed by atoms with Crippen LogP contribution in [0.15, 0.2) is 18.2 Å². The summed E-state index contributed by atoms with van der Waals surface area (Å²) in [5.74, 6) is 5.58. The van der Waals surface area contributed by atoms with E-state index in [-0.39, 0.29) is 11.4 Å². The van der Waals surface area contributed by atoms with E-state index in [0.29, 0.717) is 10.9 Å². The fourth-order valence-electron chi connectivity index (χ4n) is 0.934. The van der Waals surface area contributed by atoms with Gasteiger partial charge in [0.25, 0.3) is 5.69 Å². The maximum Gasteiger partial charge on any atom is 0.292 e. The molecule has 0 aromatic heterocycles. The molecule has 5 heteroatoms. The Balaban J connectivity index is 3.06. The van der Waals surface area contributed by atoms with Crippen LogP contribution in [0, 0.1) is 22.0 Å². The third-order valence-corrected chi connectivity index (χ3v) is 1.80. The summed E-state index contributed by atoms with van der Waals surface area (Å²) >= 11 is 3.15. The van der Waals surface area contributed by atoms with Crippen molar-refractivity contribution < 1.29 is 4.92 Å². The molecule has 0 spiro atoms. The monoisotopic (exact) mass is 254 g/mol. The van der Waals surface area contributed by atoms with E-state index >= 15 is 0 Å². The van der Waals surface area contributed by atoms with Crippen molar-refractivity contribution in [1.29, 1.82) is 0 Å². The Morgan fingerprint density at radius 1 is 1.57 bits per heavy atom. The van der Waals surface area contributed by atoms with Crippen molar-refractivity contribution >= 4 is 27.3 Å². The topological polar surface area (TPSA) is 69.2 Å². The molecule has 0 heterocycles. The van der Waals surface area contributed by atoms with Crippen LogP contribution in [0.2, 0.25) is 0 Å². The molecular weight excluding hydrogens is 248 g/mol. The smallest absolute Gasteiger partial charge is 0.292 e. The molecule has 1 aromatic rings. The van der Waals surface area contributed by atoms with Crippen LogP contribution < -0.4 is 5.73 Å². The zero-order valence-corrected chi connectivity index (χ0v) is 8.74. The average molecular weight is 255 g/mol. The Morgan fingerprint density at radius 2 is 2.29 bits per heavy atom. The quantitative estimate of drug-likeness (QED) is 0.274. The van der Waals surface area contributed by atoms with Crippen LogP contribution in [0.4, 0.5) is 11.4 Å². The van der Waals surface area contributed by atoms with Gasteiger partial charge in [0.05, 0.1) is 10.3 Å². The summed E-state index contributed by atoms with van der Waals surface area (Å²) in [5.41, 5.74) is 6.19. The number of anilines is 1. The Kier molecular flexibility index (Phi) is 3.48. The highest BCUT2D eigenvalue weighted by Crippen LogP contribution is 2.21. The van der Waals surface area contributed by atoms with Crippen LogP contribution in [0.25, 0.3) is 0 Å². The van der Waals surface area contributed by atoms with E-state index in [1.807, 2.05) is 0 Å². The van der Waals surface area contributed by atoms with Gasteiger partial charge >= 0.3 is 0 Å². The van der Waals surface area contributed by atoms with Crippen molar-refractivity contribution in [2.75, 3.05) is 11.1 Å². The summed E-state index contributed by atoms with van der Waals surface area (Å²) in [5, 5.41) is 11.0. The SMILES string of the molecule is Nc1cc(C#CCBr)ccc1[N+](=O)[O-]. The predicted molar refractivity (Wildman–Crippen MR) is 58.2 cm³/mol. The first kappa shape index (κ1) is 10.5. The number of alkyl halides is 1. The highest BCUT2D eigenvalue weighted by Gasteiger charge is 2.09. The van der Waals surface area contributed by atoms with Crippen LogP contribution in [0.3, 0.4) is 0 Å². The third kappa shape index (κ3) is 2.47. The largest absolute Gasteiger partial charge is 0.393 e. The number of nitro groups is 1. The standard InChI is InChI=1S/C9H7BrN2O2/c10-5-1-2-7-3-4-9(12(13)14)8(11)6-7/h3-4,6H,5,11H2. The number of benzene rings is 1. The second-order valence-electron chi connectivity index (χ2n) is 2.47. The summed E-state index contributed by atoms with van der Waals surface area (Å²) in [4.78, 5) is 9.91. The normalized spacial score (nSPS) is 8.93. The molecule has 2 N–H and O–H groups in total. The first-order chi connectivity index (χ1) is 6.65. The fraction of sp³-hybridized carbons (Fsp3) is 0.111. The molecule has 0 radical (unpaired) electrons. The summed E-state index contributed by atoms with van der Waals surface area (Å²) in [6, 6.07) is 4.42. The van der Waals surface area contributed by atoms with Gasteiger partial charge in [-0.2, -0.15) is 0 Å². The number of hydrogen-bond acceptors (Lipinski definition) is 3. The van der Waals surface area contributed by atoms with E-state index in [1.165, 1.54) is 12.1 Å². The maximum atomic E-state index is 10.4.